The monoisotopic (exact) mass is 276 g/mol. The molecule has 1 aliphatic heterocycles. The number of carbonyl (C=O) groups is 1. The van der Waals surface area contributed by atoms with E-state index in [1.807, 2.05) is 0 Å². The molecule has 1 unspecified atom stereocenters. The number of benzene rings is 1. The van der Waals surface area contributed by atoms with Gasteiger partial charge in [-0.05, 0) is 31.5 Å². The van der Waals surface area contributed by atoms with Gasteiger partial charge in [0.05, 0.1) is 0 Å². The number of halogens is 3. The van der Waals surface area contributed by atoms with Gasteiger partial charge in [-0.2, -0.15) is 0 Å². The van der Waals surface area contributed by atoms with Crippen LogP contribution < -0.4 is 10.6 Å². The molecule has 1 fully saturated rings. The van der Waals surface area contributed by atoms with E-state index < -0.39 is 23.1 Å². The van der Waals surface area contributed by atoms with Crippen molar-refractivity contribution in [2.24, 2.45) is 0 Å². The Morgan fingerprint density at radius 3 is 2.61 bits per heavy atom. The van der Waals surface area contributed by atoms with Gasteiger partial charge in [0.1, 0.15) is 17.2 Å². The number of rotatable bonds is 3. The molecule has 1 amide bonds. The van der Waals surface area contributed by atoms with Crippen LogP contribution in [0.1, 0.15) is 23.2 Å². The maximum absolute atomic E-state index is 13.3. The molecule has 1 atom stereocenters. The van der Waals surface area contributed by atoms with Crippen LogP contribution in [-0.4, -0.2) is 25.0 Å². The minimum Gasteiger partial charge on any atom is -0.350 e. The van der Waals surface area contributed by atoms with Crippen molar-refractivity contribution in [1.29, 1.82) is 0 Å². The largest absolute Gasteiger partial charge is 0.350 e. The Hall–Kier alpha value is -1.20. The van der Waals surface area contributed by atoms with Crippen molar-refractivity contribution >= 4 is 18.3 Å². The van der Waals surface area contributed by atoms with Gasteiger partial charge >= 0.3 is 0 Å². The van der Waals surface area contributed by atoms with Crippen LogP contribution >= 0.6 is 12.4 Å². The fourth-order valence-electron chi connectivity index (χ4n) is 1.95. The Kier molecular flexibility index (Phi) is 5.50. The van der Waals surface area contributed by atoms with Crippen LogP contribution in [0, 0.1) is 11.6 Å². The second-order valence-electron chi connectivity index (χ2n) is 4.10. The van der Waals surface area contributed by atoms with Gasteiger partial charge in [0.25, 0.3) is 5.91 Å². The summed E-state index contributed by atoms with van der Waals surface area (Å²) in [5.74, 6) is -2.36. The highest BCUT2D eigenvalue weighted by Gasteiger charge is 2.19. The van der Waals surface area contributed by atoms with Crippen molar-refractivity contribution in [1.82, 2.24) is 10.6 Å². The first kappa shape index (κ1) is 14.9. The van der Waals surface area contributed by atoms with Gasteiger partial charge in [-0.25, -0.2) is 8.78 Å². The third-order valence-electron chi connectivity index (χ3n) is 2.86. The standard InChI is InChI=1S/C12H14F2N2O.ClH/c13-9-4-1-5-10(14)11(9)12(17)16-7-8-3-2-6-15-8;/h1,4-5,8,15H,2-3,6-7H2,(H,16,17);1H. The minimum atomic E-state index is -0.832. The molecular weight excluding hydrogens is 262 g/mol. The highest BCUT2D eigenvalue weighted by atomic mass is 35.5. The molecule has 1 heterocycles. The molecule has 18 heavy (non-hydrogen) atoms. The molecule has 0 aromatic heterocycles. The van der Waals surface area contributed by atoms with E-state index in [0.717, 1.165) is 31.5 Å². The van der Waals surface area contributed by atoms with Crippen molar-refractivity contribution in [3.8, 4) is 0 Å². The van der Waals surface area contributed by atoms with Gasteiger partial charge in [0.2, 0.25) is 0 Å². The van der Waals surface area contributed by atoms with Crippen LogP contribution in [0.2, 0.25) is 0 Å². The van der Waals surface area contributed by atoms with Crippen molar-refractivity contribution < 1.29 is 13.6 Å². The van der Waals surface area contributed by atoms with Crippen LogP contribution in [-0.2, 0) is 0 Å². The molecule has 1 aromatic rings. The molecule has 0 aliphatic carbocycles. The quantitative estimate of drug-likeness (QED) is 0.885. The zero-order valence-electron chi connectivity index (χ0n) is 9.71. The lowest BCUT2D eigenvalue weighted by Crippen LogP contribution is -2.37. The summed E-state index contributed by atoms with van der Waals surface area (Å²) < 4.78 is 26.6. The van der Waals surface area contributed by atoms with Crippen molar-refractivity contribution in [3.63, 3.8) is 0 Å². The van der Waals surface area contributed by atoms with Gasteiger partial charge in [-0.3, -0.25) is 4.79 Å². The zero-order chi connectivity index (χ0) is 12.3. The summed E-state index contributed by atoms with van der Waals surface area (Å²) in [6.45, 7) is 1.32. The minimum absolute atomic E-state index is 0. The zero-order valence-corrected chi connectivity index (χ0v) is 10.5. The topological polar surface area (TPSA) is 41.1 Å². The average Bonchev–Trinajstić information content (AvgIpc) is 2.79. The van der Waals surface area contributed by atoms with E-state index in [0.29, 0.717) is 6.54 Å². The van der Waals surface area contributed by atoms with Crippen LogP contribution in [0.5, 0.6) is 0 Å². The van der Waals surface area contributed by atoms with E-state index >= 15 is 0 Å². The number of hydrogen-bond donors (Lipinski definition) is 2. The third kappa shape index (κ3) is 3.40. The summed E-state index contributed by atoms with van der Waals surface area (Å²) >= 11 is 0. The molecule has 0 bridgehead atoms. The lowest BCUT2D eigenvalue weighted by Gasteiger charge is -2.12. The van der Waals surface area contributed by atoms with Gasteiger partial charge in [0, 0.05) is 12.6 Å². The molecule has 1 aromatic carbocycles. The fraction of sp³-hybridized carbons (Fsp3) is 0.417. The Morgan fingerprint density at radius 1 is 1.39 bits per heavy atom. The Morgan fingerprint density at radius 2 is 2.06 bits per heavy atom. The molecule has 0 saturated carbocycles. The predicted octanol–water partition coefficient (Wildman–Crippen LogP) is 1.87. The van der Waals surface area contributed by atoms with Gasteiger partial charge in [-0.15, -0.1) is 12.4 Å². The molecule has 0 spiro atoms. The van der Waals surface area contributed by atoms with Crippen LogP contribution in [0.15, 0.2) is 18.2 Å². The van der Waals surface area contributed by atoms with E-state index in [1.54, 1.807) is 0 Å². The highest BCUT2D eigenvalue weighted by molar-refractivity contribution is 5.94. The van der Waals surface area contributed by atoms with E-state index in [-0.39, 0.29) is 18.4 Å². The summed E-state index contributed by atoms with van der Waals surface area (Å²) in [4.78, 5) is 11.6. The SMILES string of the molecule is Cl.O=C(NCC1CCCN1)c1c(F)cccc1F. The van der Waals surface area contributed by atoms with Crippen molar-refractivity contribution in [3.05, 3.63) is 35.4 Å². The summed E-state index contributed by atoms with van der Waals surface area (Å²) in [6.07, 6.45) is 2.04. The summed E-state index contributed by atoms with van der Waals surface area (Å²) in [6, 6.07) is 3.59. The molecule has 6 heteroatoms. The Labute approximate surface area is 110 Å². The maximum Gasteiger partial charge on any atom is 0.257 e. The summed E-state index contributed by atoms with van der Waals surface area (Å²) in [5.41, 5.74) is -0.509. The van der Waals surface area contributed by atoms with E-state index in [2.05, 4.69) is 10.6 Å². The van der Waals surface area contributed by atoms with Gasteiger partial charge < -0.3 is 10.6 Å². The predicted molar refractivity (Wildman–Crippen MR) is 67.0 cm³/mol. The first-order chi connectivity index (χ1) is 8.18. The Bertz CT molecular complexity index is 402. The van der Waals surface area contributed by atoms with Crippen LogP contribution in [0.25, 0.3) is 0 Å². The molecule has 1 saturated heterocycles. The average molecular weight is 277 g/mol. The maximum atomic E-state index is 13.3. The number of carbonyl (C=O) groups excluding carboxylic acids is 1. The van der Waals surface area contributed by atoms with E-state index in [9.17, 15) is 13.6 Å². The Balaban J connectivity index is 0.00000162. The number of amides is 1. The molecular formula is C12H15ClF2N2O. The van der Waals surface area contributed by atoms with Crippen molar-refractivity contribution in [2.45, 2.75) is 18.9 Å². The van der Waals surface area contributed by atoms with Crippen molar-refractivity contribution in [2.75, 3.05) is 13.1 Å². The molecule has 100 valence electrons. The van der Waals surface area contributed by atoms with E-state index in [1.165, 1.54) is 6.07 Å². The molecule has 2 rings (SSSR count). The molecule has 3 nitrogen and oxygen atoms in total. The number of hydrogen-bond acceptors (Lipinski definition) is 2. The van der Waals surface area contributed by atoms with Gasteiger partial charge in [0.15, 0.2) is 0 Å². The van der Waals surface area contributed by atoms with Gasteiger partial charge in [-0.1, -0.05) is 6.07 Å². The normalized spacial score (nSPS) is 18.2. The summed E-state index contributed by atoms with van der Waals surface area (Å²) in [5, 5.41) is 5.73. The lowest BCUT2D eigenvalue weighted by atomic mass is 10.1. The molecule has 1 aliphatic rings. The molecule has 2 N–H and O–H groups in total. The fourth-order valence-corrected chi connectivity index (χ4v) is 1.95. The smallest absolute Gasteiger partial charge is 0.257 e. The van der Waals surface area contributed by atoms with E-state index in [4.69, 9.17) is 0 Å². The second-order valence-corrected chi connectivity index (χ2v) is 4.10. The van der Waals surface area contributed by atoms with Crippen LogP contribution in [0.3, 0.4) is 0 Å². The third-order valence-corrected chi connectivity index (χ3v) is 2.86. The number of nitrogens with one attached hydrogen (secondary N) is 2. The first-order valence-electron chi connectivity index (χ1n) is 5.64. The lowest BCUT2D eigenvalue weighted by molar-refractivity contribution is 0.0942. The second kappa shape index (κ2) is 6.66. The summed E-state index contributed by atoms with van der Waals surface area (Å²) in [7, 11) is 0. The first-order valence-corrected chi connectivity index (χ1v) is 5.64. The highest BCUT2D eigenvalue weighted by Crippen LogP contribution is 2.12. The van der Waals surface area contributed by atoms with Crippen LogP contribution in [0.4, 0.5) is 8.78 Å². The molecule has 0 radical (unpaired) electrons.